The molecule has 8 heteroatoms. The van der Waals surface area contributed by atoms with Crippen molar-refractivity contribution in [3.05, 3.63) is 46.0 Å². The largest absolute Gasteiger partial charge is 0.465 e. The van der Waals surface area contributed by atoms with Crippen molar-refractivity contribution < 1.29 is 14.3 Å². The third kappa shape index (κ3) is 3.82. The Hall–Kier alpha value is -2.41. The Morgan fingerprint density at radius 2 is 2.08 bits per heavy atom. The van der Waals surface area contributed by atoms with Crippen LogP contribution in [-0.2, 0) is 28.9 Å². The molecular weight excluding hydrogens is 344 g/mol. The van der Waals surface area contributed by atoms with Crippen molar-refractivity contribution in [3.8, 4) is 0 Å². The third-order valence-electron chi connectivity index (χ3n) is 4.31. The highest BCUT2D eigenvalue weighted by Crippen LogP contribution is 2.19. The van der Waals surface area contributed by atoms with Crippen LogP contribution >= 0.6 is 11.6 Å². The van der Waals surface area contributed by atoms with Gasteiger partial charge in [-0.15, -0.1) is 0 Å². The van der Waals surface area contributed by atoms with Crippen LogP contribution in [0.2, 0.25) is 5.02 Å². The molecule has 0 saturated heterocycles. The van der Waals surface area contributed by atoms with E-state index in [0.29, 0.717) is 42.2 Å². The maximum atomic E-state index is 12.5. The molecule has 25 heavy (non-hydrogen) atoms. The summed E-state index contributed by atoms with van der Waals surface area (Å²) >= 11 is 5.83. The van der Waals surface area contributed by atoms with Crippen molar-refractivity contribution in [1.29, 1.82) is 0 Å². The summed E-state index contributed by atoms with van der Waals surface area (Å²) in [6, 6.07) is 1.84. The van der Waals surface area contributed by atoms with Crippen molar-refractivity contribution in [2.24, 2.45) is 0 Å². The van der Waals surface area contributed by atoms with Crippen molar-refractivity contribution in [2.45, 2.75) is 26.3 Å². The van der Waals surface area contributed by atoms with Crippen LogP contribution in [0, 0.1) is 6.92 Å². The molecular formula is C17H19ClN4O3. The summed E-state index contributed by atoms with van der Waals surface area (Å²) in [4.78, 5) is 30.7. The predicted octanol–water partition coefficient (Wildman–Crippen LogP) is 1.65. The molecule has 2 aromatic rings. The van der Waals surface area contributed by atoms with Gasteiger partial charge in [0.05, 0.1) is 29.6 Å². The third-order valence-corrected chi connectivity index (χ3v) is 4.50. The molecule has 0 aliphatic carbocycles. The first kappa shape index (κ1) is 17.4. The lowest BCUT2D eigenvalue weighted by atomic mass is 10.0. The second-order valence-electron chi connectivity index (χ2n) is 5.96. The van der Waals surface area contributed by atoms with Gasteiger partial charge in [-0.05, 0) is 25.0 Å². The molecule has 1 amide bonds. The van der Waals surface area contributed by atoms with Gasteiger partial charge in [0, 0.05) is 31.4 Å². The summed E-state index contributed by atoms with van der Waals surface area (Å²) in [5, 5.41) is 4.54. The highest BCUT2D eigenvalue weighted by molar-refractivity contribution is 6.30. The lowest BCUT2D eigenvalue weighted by molar-refractivity contribution is -0.131. The Morgan fingerprint density at radius 1 is 1.32 bits per heavy atom. The van der Waals surface area contributed by atoms with E-state index in [4.69, 9.17) is 16.3 Å². The molecule has 3 rings (SSSR count). The standard InChI is InChI=1S/C17H19ClN4O3/c1-11-14(17(24)25-2)7-12-3-5-21(6-4-15(12)20-11)16(23)10-22-9-13(18)8-19-22/h7-9H,3-6,10H2,1-2H3. The number of aromatic nitrogens is 3. The number of fused-ring (bicyclic) bond motifs is 1. The van der Waals surface area contributed by atoms with Crippen LogP contribution in [-0.4, -0.2) is 51.7 Å². The predicted molar refractivity (Wildman–Crippen MR) is 91.5 cm³/mol. The first-order chi connectivity index (χ1) is 12.0. The highest BCUT2D eigenvalue weighted by atomic mass is 35.5. The van der Waals surface area contributed by atoms with Crippen LogP contribution in [0.1, 0.15) is 27.3 Å². The fourth-order valence-corrected chi connectivity index (χ4v) is 3.12. The van der Waals surface area contributed by atoms with Crippen molar-refractivity contribution in [2.75, 3.05) is 20.2 Å². The molecule has 7 nitrogen and oxygen atoms in total. The number of methoxy groups -OCH3 is 1. The summed E-state index contributed by atoms with van der Waals surface area (Å²) in [6.45, 7) is 3.11. The second-order valence-corrected chi connectivity index (χ2v) is 6.39. The van der Waals surface area contributed by atoms with Gasteiger partial charge in [0.2, 0.25) is 5.91 Å². The molecule has 132 valence electrons. The Bertz CT molecular complexity index is 818. The monoisotopic (exact) mass is 362 g/mol. The number of nitrogens with zero attached hydrogens (tertiary/aromatic N) is 4. The minimum atomic E-state index is -0.388. The molecule has 0 spiro atoms. The van der Waals surface area contributed by atoms with E-state index in [0.717, 1.165) is 11.3 Å². The maximum absolute atomic E-state index is 12.5. The second kappa shape index (κ2) is 7.23. The van der Waals surface area contributed by atoms with Crippen molar-refractivity contribution in [1.82, 2.24) is 19.7 Å². The molecule has 0 atom stereocenters. The van der Waals surface area contributed by atoms with Gasteiger partial charge in [-0.25, -0.2) is 4.79 Å². The van der Waals surface area contributed by atoms with E-state index >= 15 is 0 Å². The summed E-state index contributed by atoms with van der Waals surface area (Å²) in [5.74, 6) is -0.405. The summed E-state index contributed by atoms with van der Waals surface area (Å²) in [7, 11) is 1.36. The summed E-state index contributed by atoms with van der Waals surface area (Å²) in [6.07, 6.45) is 4.44. The molecule has 2 aromatic heterocycles. The van der Waals surface area contributed by atoms with Crippen molar-refractivity contribution in [3.63, 3.8) is 0 Å². The van der Waals surface area contributed by atoms with Crippen LogP contribution in [0.15, 0.2) is 18.5 Å². The average Bonchev–Trinajstić information content (AvgIpc) is 2.88. The molecule has 3 heterocycles. The van der Waals surface area contributed by atoms with Gasteiger partial charge in [-0.1, -0.05) is 11.6 Å². The minimum absolute atomic E-state index is 0.0162. The molecule has 1 aliphatic rings. The van der Waals surface area contributed by atoms with Gasteiger partial charge in [0.1, 0.15) is 6.54 Å². The molecule has 0 unspecified atom stereocenters. The number of rotatable bonds is 3. The number of esters is 1. The fourth-order valence-electron chi connectivity index (χ4n) is 2.97. The fraction of sp³-hybridized carbons (Fsp3) is 0.412. The highest BCUT2D eigenvalue weighted by Gasteiger charge is 2.22. The van der Waals surface area contributed by atoms with Gasteiger partial charge >= 0.3 is 5.97 Å². The molecule has 0 N–H and O–H groups in total. The lowest BCUT2D eigenvalue weighted by Gasteiger charge is -2.20. The van der Waals surface area contributed by atoms with E-state index in [-0.39, 0.29) is 18.4 Å². The molecule has 0 saturated carbocycles. The zero-order valence-corrected chi connectivity index (χ0v) is 14.9. The smallest absolute Gasteiger partial charge is 0.339 e. The van der Waals surface area contributed by atoms with E-state index in [1.54, 1.807) is 18.0 Å². The van der Waals surface area contributed by atoms with E-state index < -0.39 is 0 Å². The number of carbonyl (C=O) groups excluding carboxylic acids is 2. The normalized spacial score (nSPS) is 14.0. The first-order valence-corrected chi connectivity index (χ1v) is 8.39. The van der Waals surface area contributed by atoms with Crippen LogP contribution < -0.4 is 0 Å². The van der Waals surface area contributed by atoms with Gasteiger partial charge in [-0.2, -0.15) is 5.10 Å². The number of hydrogen-bond donors (Lipinski definition) is 0. The minimum Gasteiger partial charge on any atom is -0.465 e. The number of halogens is 1. The van der Waals surface area contributed by atoms with E-state index in [2.05, 4.69) is 10.1 Å². The summed E-state index contributed by atoms with van der Waals surface area (Å²) in [5.41, 5.74) is 3.05. The van der Waals surface area contributed by atoms with Gasteiger partial charge in [-0.3, -0.25) is 14.5 Å². The Kier molecular flexibility index (Phi) is 5.03. The van der Waals surface area contributed by atoms with E-state index in [1.807, 2.05) is 6.07 Å². The first-order valence-electron chi connectivity index (χ1n) is 8.01. The average molecular weight is 363 g/mol. The lowest BCUT2D eigenvalue weighted by Crippen LogP contribution is -2.35. The zero-order chi connectivity index (χ0) is 18.0. The zero-order valence-electron chi connectivity index (χ0n) is 14.2. The van der Waals surface area contributed by atoms with E-state index in [1.165, 1.54) is 18.0 Å². The Balaban J connectivity index is 1.73. The van der Waals surface area contributed by atoms with Gasteiger partial charge < -0.3 is 9.64 Å². The van der Waals surface area contributed by atoms with Crippen LogP contribution in [0.25, 0.3) is 0 Å². The van der Waals surface area contributed by atoms with Gasteiger partial charge in [0.15, 0.2) is 0 Å². The summed E-state index contributed by atoms with van der Waals surface area (Å²) < 4.78 is 6.33. The number of aryl methyl sites for hydroxylation is 1. The number of hydrogen-bond acceptors (Lipinski definition) is 5. The number of pyridine rings is 1. The SMILES string of the molecule is COC(=O)c1cc2c(nc1C)CCN(C(=O)Cn1cc(Cl)cn1)CC2. The quantitative estimate of drug-likeness (QED) is 0.776. The Morgan fingerprint density at radius 3 is 2.76 bits per heavy atom. The maximum Gasteiger partial charge on any atom is 0.339 e. The van der Waals surface area contributed by atoms with Crippen molar-refractivity contribution >= 4 is 23.5 Å². The van der Waals surface area contributed by atoms with Crippen LogP contribution in [0.3, 0.4) is 0 Å². The van der Waals surface area contributed by atoms with Gasteiger partial charge in [0.25, 0.3) is 0 Å². The molecule has 0 bridgehead atoms. The number of ether oxygens (including phenoxy) is 1. The Labute approximate surface area is 150 Å². The molecule has 0 fully saturated rings. The van der Waals surface area contributed by atoms with Crippen LogP contribution in [0.5, 0.6) is 0 Å². The molecule has 1 aliphatic heterocycles. The molecule has 0 radical (unpaired) electrons. The number of carbonyl (C=O) groups is 2. The molecule has 0 aromatic carbocycles. The number of amides is 1. The van der Waals surface area contributed by atoms with E-state index in [9.17, 15) is 9.59 Å². The van der Waals surface area contributed by atoms with Crippen LogP contribution in [0.4, 0.5) is 0 Å². The topological polar surface area (TPSA) is 77.3 Å².